The number of nitrogen functional groups attached to an aromatic ring is 1. The molecule has 0 aliphatic carbocycles. The van der Waals surface area contributed by atoms with E-state index in [0.717, 1.165) is 12.4 Å². The highest BCUT2D eigenvalue weighted by atomic mass is 35.5. The smallest absolute Gasteiger partial charge is 0.151 e. The number of hydrogen-bond donors (Lipinski definition) is 1. The van der Waals surface area contributed by atoms with Crippen molar-refractivity contribution < 1.29 is 0 Å². The molecule has 84 valence electrons. The monoisotopic (exact) mass is 227 g/mol. The Labute approximate surface area is 96.2 Å². The lowest BCUT2D eigenvalue weighted by molar-refractivity contribution is 0.418. The average Bonchev–Trinajstić information content (AvgIpc) is 1.99. The van der Waals surface area contributed by atoms with Gasteiger partial charge in [0.2, 0.25) is 0 Å². The fraction of sp³-hybridized carbons (Fsp3) is 0.545. The van der Waals surface area contributed by atoms with E-state index in [-0.39, 0.29) is 5.41 Å². The highest BCUT2D eigenvalue weighted by Gasteiger charge is 2.16. The van der Waals surface area contributed by atoms with Crippen LogP contribution in [0.2, 0.25) is 5.02 Å². The summed E-state index contributed by atoms with van der Waals surface area (Å²) in [6.07, 6.45) is 1.62. The van der Waals surface area contributed by atoms with E-state index in [1.54, 1.807) is 12.3 Å². The normalized spacial score (nSPS) is 11.5. The Morgan fingerprint density at radius 2 is 2.07 bits per heavy atom. The first-order valence-corrected chi connectivity index (χ1v) is 5.29. The molecule has 0 saturated heterocycles. The molecule has 0 aliphatic heterocycles. The Kier molecular flexibility index (Phi) is 3.45. The maximum atomic E-state index is 5.85. The molecule has 1 rings (SSSR count). The third kappa shape index (κ3) is 3.59. The summed E-state index contributed by atoms with van der Waals surface area (Å²) in [5.41, 5.74) is 6.68. The zero-order valence-corrected chi connectivity index (χ0v) is 10.5. The predicted octanol–water partition coefficient (Wildman–Crippen LogP) is 2.80. The standard InChI is InChI=1S/C11H18ClN3/c1-11(2,3)7-15(4)10-9(13)5-8(12)6-14-10/h5-6H,7,13H2,1-4H3. The number of nitrogens with two attached hydrogens (primary N) is 1. The van der Waals surface area contributed by atoms with Gasteiger partial charge in [0, 0.05) is 19.8 Å². The molecule has 15 heavy (non-hydrogen) atoms. The third-order valence-corrected chi connectivity index (χ3v) is 2.14. The quantitative estimate of drug-likeness (QED) is 0.845. The second-order valence-corrected chi connectivity index (χ2v) is 5.42. The second-order valence-electron chi connectivity index (χ2n) is 4.98. The zero-order valence-electron chi connectivity index (χ0n) is 9.71. The molecular formula is C11H18ClN3. The summed E-state index contributed by atoms with van der Waals surface area (Å²) >= 11 is 5.79. The van der Waals surface area contributed by atoms with Crippen molar-refractivity contribution in [2.75, 3.05) is 24.2 Å². The number of rotatable bonds is 2. The van der Waals surface area contributed by atoms with E-state index in [9.17, 15) is 0 Å². The fourth-order valence-electron chi connectivity index (χ4n) is 1.55. The molecule has 0 fully saturated rings. The van der Waals surface area contributed by atoms with Crippen molar-refractivity contribution in [2.24, 2.45) is 5.41 Å². The van der Waals surface area contributed by atoms with E-state index in [1.165, 1.54) is 0 Å². The third-order valence-electron chi connectivity index (χ3n) is 1.93. The van der Waals surface area contributed by atoms with E-state index in [0.29, 0.717) is 10.7 Å². The Morgan fingerprint density at radius 3 is 2.53 bits per heavy atom. The van der Waals surface area contributed by atoms with Crippen LogP contribution in [0.5, 0.6) is 0 Å². The second kappa shape index (κ2) is 4.27. The number of hydrogen-bond acceptors (Lipinski definition) is 3. The molecule has 1 heterocycles. The largest absolute Gasteiger partial charge is 0.396 e. The van der Waals surface area contributed by atoms with Gasteiger partial charge in [0.15, 0.2) is 5.82 Å². The van der Waals surface area contributed by atoms with Gasteiger partial charge >= 0.3 is 0 Å². The Balaban J connectivity index is 2.87. The molecule has 0 unspecified atom stereocenters. The number of aromatic nitrogens is 1. The summed E-state index contributed by atoms with van der Waals surface area (Å²) < 4.78 is 0. The van der Waals surface area contributed by atoms with Crippen LogP contribution >= 0.6 is 11.6 Å². The van der Waals surface area contributed by atoms with Crippen LogP contribution in [0.25, 0.3) is 0 Å². The van der Waals surface area contributed by atoms with Gasteiger partial charge in [-0.25, -0.2) is 4.98 Å². The van der Waals surface area contributed by atoms with Crippen molar-refractivity contribution in [1.29, 1.82) is 0 Å². The molecule has 1 aromatic rings. The van der Waals surface area contributed by atoms with Gasteiger partial charge in [-0.15, -0.1) is 0 Å². The molecule has 0 aliphatic rings. The van der Waals surface area contributed by atoms with E-state index in [4.69, 9.17) is 17.3 Å². The number of anilines is 2. The summed E-state index contributed by atoms with van der Waals surface area (Å²) in [5, 5.41) is 0.570. The lowest BCUT2D eigenvalue weighted by Gasteiger charge is -2.28. The average molecular weight is 228 g/mol. The maximum Gasteiger partial charge on any atom is 0.151 e. The molecule has 0 amide bonds. The lowest BCUT2D eigenvalue weighted by Crippen LogP contribution is -2.30. The van der Waals surface area contributed by atoms with E-state index < -0.39 is 0 Å². The molecule has 4 heteroatoms. The number of nitrogens with zero attached hydrogens (tertiary/aromatic N) is 2. The SMILES string of the molecule is CN(CC(C)(C)C)c1ncc(Cl)cc1N. The minimum Gasteiger partial charge on any atom is -0.396 e. The summed E-state index contributed by atoms with van der Waals surface area (Å²) in [6.45, 7) is 7.42. The van der Waals surface area contributed by atoms with Crippen LogP contribution in [0.15, 0.2) is 12.3 Å². The highest BCUT2D eigenvalue weighted by Crippen LogP contribution is 2.25. The number of pyridine rings is 1. The predicted molar refractivity (Wildman–Crippen MR) is 66.4 cm³/mol. The molecule has 0 bridgehead atoms. The summed E-state index contributed by atoms with van der Waals surface area (Å²) in [6, 6.07) is 1.73. The van der Waals surface area contributed by atoms with E-state index >= 15 is 0 Å². The van der Waals surface area contributed by atoms with Gasteiger partial charge in [-0.3, -0.25) is 0 Å². The van der Waals surface area contributed by atoms with Gasteiger partial charge in [-0.05, 0) is 11.5 Å². The van der Waals surface area contributed by atoms with Gasteiger partial charge < -0.3 is 10.6 Å². The van der Waals surface area contributed by atoms with Crippen LogP contribution in [0.4, 0.5) is 11.5 Å². The highest BCUT2D eigenvalue weighted by molar-refractivity contribution is 6.30. The van der Waals surface area contributed by atoms with Crippen LogP contribution in [0.3, 0.4) is 0 Å². The van der Waals surface area contributed by atoms with Gasteiger partial charge in [0.25, 0.3) is 0 Å². The minimum absolute atomic E-state index is 0.211. The molecule has 3 nitrogen and oxygen atoms in total. The first-order valence-electron chi connectivity index (χ1n) is 4.92. The van der Waals surface area contributed by atoms with Crippen molar-refractivity contribution in [3.05, 3.63) is 17.3 Å². The molecule has 0 spiro atoms. The minimum atomic E-state index is 0.211. The first kappa shape index (κ1) is 12.1. The van der Waals surface area contributed by atoms with Crippen molar-refractivity contribution in [3.63, 3.8) is 0 Å². The van der Waals surface area contributed by atoms with Crippen molar-refractivity contribution in [1.82, 2.24) is 4.98 Å². The van der Waals surface area contributed by atoms with Crippen LogP contribution < -0.4 is 10.6 Å². The van der Waals surface area contributed by atoms with Gasteiger partial charge in [-0.2, -0.15) is 0 Å². The van der Waals surface area contributed by atoms with Gasteiger partial charge in [0.1, 0.15) is 0 Å². The summed E-state index contributed by atoms with van der Waals surface area (Å²) in [7, 11) is 1.98. The number of halogens is 1. The topological polar surface area (TPSA) is 42.2 Å². The summed E-state index contributed by atoms with van der Waals surface area (Å²) in [5.74, 6) is 0.786. The van der Waals surface area contributed by atoms with E-state index in [2.05, 4.69) is 25.8 Å². The molecule has 0 atom stereocenters. The van der Waals surface area contributed by atoms with Crippen molar-refractivity contribution in [3.8, 4) is 0 Å². The Hall–Kier alpha value is -0.960. The van der Waals surface area contributed by atoms with Gasteiger partial charge in [-0.1, -0.05) is 32.4 Å². The molecular weight excluding hydrogens is 210 g/mol. The first-order chi connectivity index (χ1) is 6.79. The van der Waals surface area contributed by atoms with Crippen molar-refractivity contribution >= 4 is 23.1 Å². The maximum absolute atomic E-state index is 5.85. The van der Waals surface area contributed by atoms with Crippen LogP contribution in [0, 0.1) is 5.41 Å². The lowest BCUT2D eigenvalue weighted by atomic mass is 9.96. The fourth-order valence-corrected chi connectivity index (χ4v) is 1.72. The van der Waals surface area contributed by atoms with Crippen LogP contribution in [-0.4, -0.2) is 18.6 Å². The van der Waals surface area contributed by atoms with Crippen molar-refractivity contribution in [2.45, 2.75) is 20.8 Å². The molecule has 1 aromatic heterocycles. The van der Waals surface area contributed by atoms with Crippen LogP contribution in [0.1, 0.15) is 20.8 Å². The zero-order chi connectivity index (χ0) is 11.6. The van der Waals surface area contributed by atoms with E-state index in [1.807, 2.05) is 11.9 Å². The van der Waals surface area contributed by atoms with Gasteiger partial charge in [0.05, 0.1) is 10.7 Å². The molecule has 0 aromatic carbocycles. The van der Waals surface area contributed by atoms with Crippen LogP contribution in [-0.2, 0) is 0 Å². The summed E-state index contributed by atoms with van der Waals surface area (Å²) in [4.78, 5) is 6.28. The Morgan fingerprint density at radius 1 is 1.47 bits per heavy atom. The molecule has 0 radical (unpaired) electrons. The molecule has 0 saturated carbocycles. The Bertz CT molecular complexity index is 344. The molecule has 2 N–H and O–H groups in total.